The molecule has 1 atom stereocenters. The lowest BCUT2D eigenvalue weighted by Gasteiger charge is -2.21. The summed E-state index contributed by atoms with van der Waals surface area (Å²) in [5.74, 6) is 2.28. The Labute approximate surface area is 199 Å². The molecule has 1 unspecified atom stereocenters. The number of anilines is 1. The van der Waals surface area contributed by atoms with E-state index in [0.717, 1.165) is 28.1 Å². The van der Waals surface area contributed by atoms with Crippen LogP contribution in [0.4, 0.5) is 5.69 Å². The molecule has 0 radical (unpaired) electrons. The second-order valence-corrected chi connectivity index (χ2v) is 8.91. The maximum absolute atomic E-state index is 12.8. The summed E-state index contributed by atoms with van der Waals surface area (Å²) in [6.07, 6.45) is 7.53. The van der Waals surface area contributed by atoms with Crippen LogP contribution < -0.4 is 10.1 Å². The summed E-state index contributed by atoms with van der Waals surface area (Å²) in [6, 6.07) is 17.4. The molecule has 1 heterocycles. The maximum atomic E-state index is 12.8. The van der Waals surface area contributed by atoms with Gasteiger partial charge in [0.25, 0.3) is 0 Å². The van der Waals surface area contributed by atoms with Gasteiger partial charge in [-0.3, -0.25) is 9.79 Å². The topological polar surface area (TPSA) is 53.9 Å². The van der Waals surface area contributed by atoms with Gasteiger partial charge >= 0.3 is 0 Å². The Bertz CT molecular complexity index is 868. The number of carbonyl (C=O) groups excluding carboxylic acids is 1. The third-order valence-corrected chi connectivity index (χ3v) is 6.79. The minimum absolute atomic E-state index is 0. The van der Waals surface area contributed by atoms with E-state index in [4.69, 9.17) is 9.73 Å². The van der Waals surface area contributed by atoms with Gasteiger partial charge in [0, 0.05) is 18.5 Å². The lowest BCUT2D eigenvalue weighted by molar-refractivity contribution is -0.118. The molecule has 0 bridgehead atoms. The first-order chi connectivity index (χ1) is 14.7. The number of nitrogens with zero attached hydrogens (tertiary/aromatic N) is 2. The highest BCUT2D eigenvalue weighted by Gasteiger charge is 2.33. The van der Waals surface area contributed by atoms with Crippen molar-refractivity contribution in [2.24, 2.45) is 4.99 Å². The number of carbonyl (C=O) groups is 1. The van der Waals surface area contributed by atoms with Gasteiger partial charge in [-0.1, -0.05) is 55.6 Å². The van der Waals surface area contributed by atoms with Crippen molar-refractivity contribution in [1.82, 2.24) is 4.90 Å². The highest BCUT2D eigenvalue weighted by atomic mass is 79.9. The lowest BCUT2D eigenvalue weighted by Crippen LogP contribution is -2.40. The number of hydrogen-bond donors (Lipinski definition) is 1. The zero-order valence-electron chi connectivity index (χ0n) is 17.8. The van der Waals surface area contributed by atoms with Crippen LogP contribution in [0, 0.1) is 0 Å². The molecule has 166 valence electrons. The van der Waals surface area contributed by atoms with Crippen molar-refractivity contribution >= 4 is 45.5 Å². The Kier molecular flexibility index (Phi) is 8.84. The average molecular weight is 504 g/mol. The number of amides is 1. The van der Waals surface area contributed by atoms with E-state index in [1.807, 2.05) is 66.5 Å². The number of benzene rings is 2. The minimum atomic E-state index is -0.195. The Morgan fingerprint density at radius 3 is 2.32 bits per heavy atom. The number of halogens is 1. The fourth-order valence-corrected chi connectivity index (χ4v) is 5.12. The monoisotopic (exact) mass is 503 g/mol. The number of aliphatic imine (C=N–C) groups is 1. The van der Waals surface area contributed by atoms with Crippen molar-refractivity contribution in [1.29, 1.82) is 0 Å². The van der Waals surface area contributed by atoms with Gasteiger partial charge in [-0.25, -0.2) is 0 Å². The number of hydrogen-bond acceptors (Lipinski definition) is 4. The van der Waals surface area contributed by atoms with Gasteiger partial charge in [0.15, 0.2) is 5.17 Å². The fourth-order valence-electron chi connectivity index (χ4n) is 3.88. The van der Waals surface area contributed by atoms with Crippen LogP contribution in [0.1, 0.15) is 38.5 Å². The molecule has 1 amide bonds. The summed E-state index contributed by atoms with van der Waals surface area (Å²) < 4.78 is 5.81. The second kappa shape index (κ2) is 11.6. The van der Waals surface area contributed by atoms with E-state index < -0.39 is 0 Å². The number of rotatable bonds is 5. The first kappa shape index (κ1) is 23.7. The van der Waals surface area contributed by atoms with E-state index >= 15 is 0 Å². The first-order valence-electron chi connectivity index (χ1n) is 10.8. The molecule has 1 N–H and O–H groups in total. The van der Waals surface area contributed by atoms with E-state index in [2.05, 4.69) is 5.32 Å². The number of thioether (sulfide) groups is 1. The van der Waals surface area contributed by atoms with Crippen LogP contribution in [-0.2, 0) is 4.79 Å². The molecule has 7 heteroatoms. The van der Waals surface area contributed by atoms with E-state index in [1.165, 1.54) is 38.5 Å². The van der Waals surface area contributed by atoms with Gasteiger partial charge in [0.05, 0.1) is 6.04 Å². The summed E-state index contributed by atoms with van der Waals surface area (Å²) >= 11 is 1.70. The van der Waals surface area contributed by atoms with Crippen LogP contribution in [-0.4, -0.2) is 40.9 Å². The molecule has 2 aliphatic rings. The van der Waals surface area contributed by atoms with Gasteiger partial charge in [-0.2, -0.15) is 0 Å². The molecule has 0 aromatic heterocycles. The molecule has 5 nitrogen and oxygen atoms in total. The van der Waals surface area contributed by atoms with Gasteiger partial charge in [-0.05, 0) is 49.2 Å². The molecule has 1 aliphatic heterocycles. The van der Waals surface area contributed by atoms with Crippen LogP contribution in [0.25, 0.3) is 0 Å². The number of ether oxygens (including phenoxy) is 1. The molecule has 2 fully saturated rings. The number of para-hydroxylation sites is 1. The number of likely N-dealkylation sites (N-methyl/N-ethyl adjacent to an activating group) is 1. The predicted octanol–water partition coefficient (Wildman–Crippen LogP) is 6.12. The van der Waals surface area contributed by atoms with Gasteiger partial charge in [-0.15, -0.1) is 17.0 Å². The average Bonchev–Trinajstić information content (AvgIpc) is 2.95. The van der Waals surface area contributed by atoms with Gasteiger partial charge in [0.2, 0.25) is 5.91 Å². The van der Waals surface area contributed by atoms with Gasteiger partial charge < -0.3 is 15.0 Å². The second-order valence-electron chi connectivity index (χ2n) is 7.92. The summed E-state index contributed by atoms with van der Waals surface area (Å²) in [4.78, 5) is 19.9. The molecule has 1 saturated carbocycles. The van der Waals surface area contributed by atoms with Crippen LogP contribution in [0.15, 0.2) is 59.6 Å². The molecule has 2 aromatic carbocycles. The molecular formula is C24H30BrN3O2S. The minimum Gasteiger partial charge on any atom is -0.457 e. The Morgan fingerprint density at radius 1 is 1.00 bits per heavy atom. The van der Waals surface area contributed by atoms with Crippen LogP contribution in [0.5, 0.6) is 11.5 Å². The molecule has 1 aliphatic carbocycles. The normalized spacial score (nSPS) is 20.7. The third-order valence-electron chi connectivity index (χ3n) is 5.66. The van der Waals surface area contributed by atoms with E-state index in [-0.39, 0.29) is 28.9 Å². The zero-order chi connectivity index (χ0) is 20.8. The van der Waals surface area contributed by atoms with E-state index in [0.29, 0.717) is 6.04 Å². The smallest absolute Gasteiger partial charge is 0.248 e. The SMILES string of the molecule is Br.CN1C(=NC2CCCCCC2)SCC1C(=O)Nc1ccc(Oc2ccccc2)cc1. The number of nitrogens with one attached hydrogen (secondary N) is 1. The summed E-state index contributed by atoms with van der Waals surface area (Å²) in [6.45, 7) is 0. The van der Waals surface area contributed by atoms with Crippen molar-refractivity contribution < 1.29 is 9.53 Å². The fraction of sp³-hybridized carbons (Fsp3) is 0.417. The van der Waals surface area contributed by atoms with E-state index in [1.54, 1.807) is 11.8 Å². The number of amidine groups is 1. The molecular weight excluding hydrogens is 474 g/mol. The Morgan fingerprint density at radius 2 is 1.65 bits per heavy atom. The molecule has 4 rings (SSSR count). The molecule has 31 heavy (non-hydrogen) atoms. The Hall–Kier alpha value is -1.99. The first-order valence-corrected chi connectivity index (χ1v) is 11.7. The lowest BCUT2D eigenvalue weighted by atomic mass is 10.1. The highest BCUT2D eigenvalue weighted by Crippen LogP contribution is 2.28. The van der Waals surface area contributed by atoms with Crippen molar-refractivity contribution in [3.63, 3.8) is 0 Å². The largest absolute Gasteiger partial charge is 0.457 e. The van der Waals surface area contributed by atoms with Crippen molar-refractivity contribution in [3.05, 3.63) is 54.6 Å². The highest BCUT2D eigenvalue weighted by molar-refractivity contribution is 8.93. The van der Waals surface area contributed by atoms with Crippen molar-refractivity contribution in [2.45, 2.75) is 50.6 Å². The van der Waals surface area contributed by atoms with Crippen LogP contribution in [0.2, 0.25) is 0 Å². The predicted molar refractivity (Wildman–Crippen MR) is 135 cm³/mol. The molecule has 0 spiro atoms. The third kappa shape index (κ3) is 6.50. The van der Waals surface area contributed by atoms with Crippen LogP contribution in [0.3, 0.4) is 0 Å². The zero-order valence-corrected chi connectivity index (χ0v) is 20.4. The standard InChI is InChI=1S/C24H29N3O2S.BrH/c1-27-22(17-30-24(27)26-18-9-5-2-3-6-10-18)23(28)25-19-13-15-21(16-14-19)29-20-11-7-4-8-12-20;/h4,7-8,11-16,18,22H,2-3,5-6,9-10,17H2,1H3,(H,25,28);1H. The molecule has 1 saturated heterocycles. The summed E-state index contributed by atoms with van der Waals surface area (Å²) in [7, 11) is 1.98. The summed E-state index contributed by atoms with van der Waals surface area (Å²) in [5, 5.41) is 4.04. The Balaban J connectivity index is 0.00000272. The van der Waals surface area contributed by atoms with Crippen molar-refractivity contribution in [2.75, 3.05) is 18.1 Å². The quantitative estimate of drug-likeness (QED) is 0.499. The van der Waals surface area contributed by atoms with Gasteiger partial charge in [0.1, 0.15) is 17.5 Å². The van der Waals surface area contributed by atoms with E-state index in [9.17, 15) is 4.79 Å². The van der Waals surface area contributed by atoms with Crippen LogP contribution >= 0.6 is 28.7 Å². The van der Waals surface area contributed by atoms with Crippen molar-refractivity contribution in [3.8, 4) is 11.5 Å². The molecule has 2 aromatic rings. The maximum Gasteiger partial charge on any atom is 0.248 e. The summed E-state index contributed by atoms with van der Waals surface area (Å²) in [5.41, 5.74) is 0.771.